The van der Waals surface area contributed by atoms with Crippen molar-refractivity contribution in [3.8, 4) is 0 Å². The van der Waals surface area contributed by atoms with E-state index < -0.39 is 5.97 Å². The highest BCUT2D eigenvalue weighted by Gasteiger charge is 2.10. The summed E-state index contributed by atoms with van der Waals surface area (Å²) < 4.78 is 0. The Kier molecular flexibility index (Phi) is 5.16. The summed E-state index contributed by atoms with van der Waals surface area (Å²) in [5.74, 6) is -0.837. The molecule has 0 fully saturated rings. The second kappa shape index (κ2) is 6.40. The lowest BCUT2D eigenvalue weighted by molar-refractivity contribution is 0.0695. The van der Waals surface area contributed by atoms with Gasteiger partial charge in [0.05, 0.1) is 5.56 Å². The quantitative estimate of drug-likeness (QED) is 0.824. The number of carboxylic acid groups (broad SMARTS) is 1. The number of nitrogens with zero attached hydrogens (tertiary/aromatic N) is 1. The molecular formula is C14H21NO2. The molecule has 0 bridgehead atoms. The van der Waals surface area contributed by atoms with Gasteiger partial charge < -0.3 is 5.11 Å². The molecule has 0 aliphatic carbocycles. The van der Waals surface area contributed by atoms with E-state index in [0.717, 1.165) is 31.6 Å². The lowest BCUT2D eigenvalue weighted by atomic mass is 10.0. The van der Waals surface area contributed by atoms with E-state index in [-0.39, 0.29) is 0 Å². The van der Waals surface area contributed by atoms with Crippen LogP contribution in [0.3, 0.4) is 0 Å². The Morgan fingerprint density at radius 1 is 1.24 bits per heavy atom. The summed E-state index contributed by atoms with van der Waals surface area (Å²) in [6.07, 6.45) is 0.758. The third-order valence-corrected chi connectivity index (χ3v) is 3.08. The van der Waals surface area contributed by atoms with Crippen LogP contribution in [0.25, 0.3) is 0 Å². The minimum Gasteiger partial charge on any atom is -0.478 e. The average molecular weight is 235 g/mol. The average Bonchev–Trinajstić information content (AvgIpc) is 2.35. The molecule has 0 saturated carbocycles. The zero-order chi connectivity index (χ0) is 12.8. The molecule has 3 nitrogen and oxygen atoms in total. The van der Waals surface area contributed by atoms with Crippen molar-refractivity contribution < 1.29 is 9.90 Å². The minimum absolute atomic E-state index is 0.427. The van der Waals surface area contributed by atoms with E-state index in [4.69, 9.17) is 5.11 Å². The maximum Gasteiger partial charge on any atom is 0.335 e. The Labute approximate surface area is 103 Å². The van der Waals surface area contributed by atoms with Crippen molar-refractivity contribution in [2.24, 2.45) is 0 Å². The van der Waals surface area contributed by atoms with E-state index in [2.05, 4.69) is 18.7 Å². The highest BCUT2D eigenvalue weighted by Crippen LogP contribution is 2.14. The molecular weight excluding hydrogens is 214 g/mol. The van der Waals surface area contributed by atoms with Gasteiger partial charge in [-0.3, -0.25) is 4.90 Å². The molecule has 1 aromatic rings. The van der Waals surface area contributed by atoms with Gasteiger partial charge in [0.1, 0.15) is 0 Å². The molecule has 0 radical (unpaired) electrons. The predicted octanol–water partition coefficient (Wildman–Crippen LogP) is 2.79. The summed E-state index contributed by atoms with van der Waals surface area (Å²) >= 11 is 0. The van der Waals surface area contributed by atoms with Crippen LogP contribution in [0, 0.1) is 0 Å². The van der Waals surface area contributed by atoms with Crippen molar-refractivity contribution in [1.29, 1.82) is 0 Å². The summed E-state index contributed by atoms with van der Waals surface area (Å²) in [4.78, 5) is 13.3. The maximum atomic E-state index is 11.0. The number of carboxylic acids is 1. The molecule has 0 aliphatic rings. The number of hydrogen-bond acceptors (Lipinski definition) is 2. The second-order valence-electron chi connectivity index (χ2n) is 4.11. The van der Waals surface area contributed by atoms with E-state index in [1.54, 1.807) is 6.07 Å². The monoisotopic (exact) mass is 235 g/mol. The van der Waals surface area contributed by atoms with Crippen molar-refractivity contribution >= 4 is 5.97 Å². The Bertz CT molecular complexity index is 384. The van der Waals surface area contributed by atoms with Crippen LogP contribution in [0.2, 0.25) is 0 Å². The second-order valence-corrected chi connectivity index (χ2v) is 4.11. The third-order valence-electron chi connectivity index (χ3n) is 3.08. The first-order valence-corrected chi connectivity index (χ1v) is 6.19. The molecule has 0 amide bonds. The van der Waals surface area contributed by atoms with Gasteiger partial charge in [-0.2, -0.15) is 0 Å². The molecule has 3 heteroatoms. The molecule has 0 atom stereocenters. The standard InChI is InChI=1S/C14H21NO2/c1-4-12-9-11(10-15(5-2)6-3)7-8-13(12)14(16)17/h7-9H,4-6,10H2,1-3H3,(H,16,17). The first-order chi connectivity index (χ1) is 8.12. The SMILES string of the molecule is CCc1cc(CN(CC)CC)ccc1C(=O)O. The van der Waals surface area contributed by atoms with Crippen molar-refractivity contribution in [3.05, 3.63) is 34.9 Å². The highest BCUT2D eigenvalue weighted by atomic mass is 16.4. The van der Waals surface area contributed by atoms with Crippen molar-refractivity contribution in [3.63, 3.8) is 0 Å². The fraction of sp³-hybridized carbons (Fsp3) is 0.500. The Morgan fingerprint density at radius 2 is 1.88 bits per heavy atom. The lowest BCUT2D eigenvalue weighted by Crippen LogP contribution is -2.22. The molecule has 0 spiro atoms. The summed E-state index contributed by atoms with van der Waals surface area (Å²) in [7, 11) is 0. The van der Waals surface area contributed by atoms with Gasteiger partial charge in [-0.05, 0) is 36.7 Å². The molecule has 94 valence electrons. The zero-order valence-corrected chi connectivity index (χ0v) is 10.9. The van der Waals surface area contributed by atoms with Crippen LogP contribution in [0.15, 0.2) is 18.2 Å². The predicted molar refractivity (Wildman–Crippen MR) is 69.4 cm³/mol. The van der Waals surface area contributed by atoms with Crippen molar-refractivity contribution in [2.75, 3.05) is 13.1 Å². The van der Waals surface area contributed by atoms with Gasteiger partial charge in [0.15, 0.2) is 0 Å². The molecule has 0 saturated heterocycles. The number of aryl methyl sites for hydroxylation is 1. The van der Waals surface area contributed by atoms with Crippen LogP contribution in [-0.2, 0) is 13.0 Å². The summed E-state index contributed by atoms with van der Waals surface area (Å²) in [5, 5.41) is 9.05. The first-order valence-electron chi connectivity index (χ1n) is 6.19. The van der Waals surface area contributed by atoms with Gasteiger partial charge in [0.2, 0.25) is 0 Å². The van der Waals surface area contributed by atoms with E-state index in [9.17, 15) is 4.79 Å². The number of hydrogen-bond donors (Lipinski definition) is 1. The highest BCUT2D eigenvalue weighted by molar-refractivity contribution is 5.89. The minimum atomic E-state index is -0.837. The van der Waals surface area contributed by atoms with Crippen LogP contribution in [0.1, 0.15) is 42.3 Å². The topological polar surface area (TPSA) is 40.5 Å². The maximum absolute atomic E-state index is 11.0. The Hall–Kier alpha value is -1.35. The smallest absolute Gasteiger partial charge is 0.335 e. The number of carbonyl (C=O) groups is 1. The largest absolute Gasteiger partial charge is 0.478 e. The van der Waals surface area contributed by atoms with Crippen molar-refractivity contribution in [2.45, 2.75) is 33.7 Å². The molecule has 1 N–H and O–H groups in total. The lowest BCUT2D eigenvalue weighted by Gasteiger charge is -2.18. The summed E-state index contributed by atoms with van der Waals surface area (Å²) in [6, 6.07) is 5.66. The van der Waals surface area contributed by atoms with Gasteiger partial charge in [-0.15, -0.1) is 0 Å². The van der Waals surface area contributed by atoms with Gasteiger partial charge in [0.25, 0.3) is 0 Å². The van der Waals surface area contributed by atoms with E-state index in [1.165, 1.54) is 5.56 Å². The summed E-state index contributed by atoms with van der Waals surface area (Å²) in [5.41, 5.74) is 2.54. The van der Waals surface area contributed by atoms with Gasteiger partial charge in [-0.25, -0.2) is 4.79 Å². The van der Waals surface area contributed by atoms with Crippen molar-refractivity contribution in [1.82, 2.24) is 4.90 Å². The van der Waals surface area contributed by atoms with E-state index in [1.807, 2.05) is 19.1 Å². The van der Waals surface area contributed by atoms with Crippen LogP contribution in [0.5, 0.6) is 0 Å². The van der Waals surface area contributed by atoms with Crippen LogP contribution < -0.4 is 0 Å². The molecule has 0 aromatic heterocycles. The van der Waals surface area contributed by atoms with Crippen LogP contribution in [-0.4, -0.2) is 29.1 Å². The zero-order valence-electron chi connectivity index (χ0n) is 10.9. The van der Waals surface area contributed by atoms with E-state index in [0.29, 0.717) is 5.56 Å². The molecule has 0 aliphatic heterocycles. The summed E-state index contributed by atoms with van der Waals surface area (Å²) in [6.45, 7) is 9.17. The Balaban J connectivity index is 2.93. The van der Waals surface area contributed by atoms with Crippen LogP contribution in [0.4, 0.5) is 0 Å². The third kappa shape index (κ3) is 3.56. The van der Waals surface area contributed by atoms with Crippen LogP contribution >= 0.6 is 0 Å². The molecule has 0 unspecified atom stereocenters. The molecule has 1 rings (SSSR count). The first kappa shape index (κ1) is 13.7. The number of aromatic carboxylic acids is 1. The number of rotatable bonds is 6. The molecule has 17 heavy (non-hydrogen) atoms. The molecule has 0 heterocycles. The molecule has 1 aromatic carbocycles. The normalized spacial score (nSPS) is 10.8. The van der Waals surface area contributed by atoms with E-state index >= 15 is 0 Å². The van der Waals surface area contributed by atoms with Gasteiger partial charge >= 0.3 is 5.97 Å². The number of benzene rings is 1. The van der Waals surface area contributed by atoms with Gasteiger partial charge in [0, 0.05) is 6.54 Å². The fourth-order valence-corrected chi connectivity index (χ4v) is 1.95. The Morgan fingerprint density at radius 3 is 2.35 bits per heavy atom. The van der Waals surface area contributed by atoms with Gasteiger partial charge in [-0.1, -0.05) is 32.9 Å². The fourth-order valence-electron chi connectivity index (χ4n) is 1.95.